The van der Waals surface area contributed by atoms with Gasteiger partial charge in [0.2, 0.25) is 0 Å². The van der Waals surface area contributed by atoms with Crippen molar-refractivity contribution in [2.75, 3.05) is 13.1 Å². The molecule has 0 bridgehead atoms. The third-order valence-electron chi connectivity index (χ3n) is 3.58. The fourth-order valence-electron chi connectivity index (χ4n) is 2.38. The van der Waals surface area contributed by atoms with Crippen LogP contribution in [-0.4, -0.2) is 53.9 Å². The van der Waals surface area contributed by atoms with Gasteiger partial charge in [-0.25, -0.2) is 4.68 Å². The third kappa shape index (κ3) is 2.39. The minimum Gasteiger partial charge on any atom is -0.334 e. The number of nitrogens with zero attached hydrogens (tertiary/aromatic N) is 7. The van der Waals surface area contributed by atoms with E-state index >= 15 is 0 Å². The number of thiophene rings is 1. The maximum Gasteiger partial charge on any atom is 0.264 e. The van der Waals surface area contributed by atoms with Gasteiger partial charge in [-0.2, -0.15) is 15.0 Å². The Morgan fingerprint density at radius 2 is 2.14 bits per heavy atom. The zero-order valence-electron chi connectivity index (χ0n) is 11.6. The van der Waals surface area contributed by atoms with Gasteiger partial charge in [-0.15, -0.1) is 16.4 Å². The lowest BCUT2D eigenvalue weighted by atomic mass is 10.1. The average Bonchev–Trinajstić information content (AvgIpc) is 3.19. The van der Waals surface area contributed by atoms with Crippen molar-refractivity contribution in [2.45, 2.75) is 12.6 Å². The van der Waals surface area contributed by atoms with E-state index in [0.717, 1.165) is 10.6 Å². The molecule has 8 nitrogen and oxygen atoms in total. The Bertz CT molecular complexity index is 758. The molecule has 0 unspecified atom stereocenters. The highest BCUT2D eigenvalue weighted by Gasteiger charge is 2.33. The van der Waals surface area contributed by atoms with Crippen molar-refractivity contribution < 1.29 is 4.79 Å². The summed E-state index contributed by atoms with van der Waals surface area (Å²) in [6.45, 7) is 1.83. The quantitative estimate of drug-likeness (QED) is 0.707. The van der Waals surface area contributed by atoms with Gasteiger partial charge in [0.25, 0.3) is 5.91 Å². The summed E-state index contributed by atoms with van der Waals surface area (Å²) in [5.74, 6) is 0.0901. The van der Waals surface area contributed by atoms with Gasteiger partial charge in [0.05, 0.1) is 29.5 Å². The van der Waals surface area contributed by atoms with Crippen LogP contribution in [0, 0.1) is 0 Å². The van der Waals surface area contributed by atoms with Gasteiger partial charge in [0, 0.05) is 13.1 Å². The Morgan fingerprint density at radius 1 is 1.32 bits per heavy atom. The second kappa shape index (κ2) is 5.34. The third-order valence-corrected chi connectivity index (χ3v) is 4.44. The summed E-state index contributed by atoms with van der Waals surface area (Å²) in [7, 11) is 0. The normalized spacial score (nSPS) is 15.0. The van der Waals surface area contributed by atoms with Crippen molar-refractivity contribution >= 4 is 17.2 Å². The fourth-order valence-corrected chi connectivity index (χ4v) is 3.07. The van der Waals surface area contributed by atoms with Gasteiger partial charge >= 0.3 is 0 Å². The molecule has 4 rings (SSSR count). The van der Waals surface area contributed by atoms with Crippen molar-refractivity contribution in [3.8, 4) is 0 Å². The average molecular weight is 315 g/mol. The summed E-state index contributed by atoms with van der Waals surface area (Å²) < 4.78 is 1.82. The number of hydrogen-bond donors (Lipinski definition) is 0. The number of aromatic nitrogens is 6. The summed E-state index contributed by atoms with van der Waals surface area (Å²) in [5.41, 5.74) is 0.805. The molecule has 0 radical (unpaired) electrons. The van der Waals surface area contributed by atoms with Crippen molar-refractivity contribution in [2.24, 2.45) is 0 Å². The number of likely N-dealkylation sites (tertiary alicyclic amines) is 1. The van der Waals surface area contributed by atoms with Gasteiger partial charge in [0.15, 0.2) is 0 Å². The molecule has 1 fully saturated rings. The largest absolute Gasteiger partial charge is 0.334 e. The van der Waals surface area contributed by atoms with Crippen molar-refractivity contribution in [1.29, 1.82) is 0 Å². The van der Waals surface area contributed by atoms with Crippen molar-refractivity contribution in [3.05, 3.63) is 46.7 Å². The summed E-state index contributed by atoms with van der Waals surface area (Å²) in [6.07, 6.45) is 5.15. The maximum atomic E-state index is 12.2. The van der Waals surface area contributed by atoms with E-state index in [1.165, 1.54) is 11.3 Å². The molecule has 1 aliphatic heterocycles. The monoisotopic (exact) mass is 315 g/mol. The number of carbonyl (C=O) groups excluding carboxylic acids is 1. The van der Waals surface area contributed by atoms with E-state index in [0.29, 0.717) is 19.6 Å². The summed E-state index contributed by atoms with van der Waals surface area (Å²) in [6, 6.07) is 3.93. The highest BCUT2D eigenvalue weighted by molar-refractivity contribution is 7.12. The van der Waals surface area contributed by atoms with Gasteiger partial charge in [-0.05, 0) is 11.4 Å². The Labute approximate surface area is 130 Å². The molecule has 0 N–H and O–H groups in total. The van der Waals surface area contributed by atoms with E-state index in [9.17, 15) is 4.79 Å². The first-order valence-corrected chi connectivity index (χ1v) is 7.75. The van der Waals surface area contributed by atoms with Gasteiger partial charge < -0.3 is 4.90 Å². The molecule has 0 aliphatic carbocycles. The van der Waals surface area contributed by atoms with E-state index in [1.54, 1.807) is 17.2 Å². The molecule has 1 saturated heterocycles. The van der Waals surface area contributed by atoms with Crippen LogP contribution in [0.25, 0.3) is 0 Å². The number of carbonyl (C=O) groups is 1. The molecule has 1 amide bonds. The van der Waals surface area contributed by atoms with Crippen LogP contribution in [0.5, 0.6) is 0 Å². The van der Waals surface area contributed by atoms with Crippen LogP contribution >= 0.6 is 11.3 Å². The zero-order chi connectivity index (χ0) is 14.9. The molecule has 0 saturated carbocycles. The van der Waals surface area contributed by atoms with Crippen LogP contribution in [0.2, 0.25) is 0 Å². The molecule has 0 spiro atoms. The lowest BCUT2D eigenvalue weighted by Crippen LogP contribution is -2.50. The molecule has 9 heteroatoms. The number of amides is 1. The van der Waals surface area contributed by atoms with E-state index in [2.05, 4.69) is 20.5 Å². The first-order chi connectivity index (χ1) is 10.8. The van der Waals surface area contributed by atoms with E-state index < -0.39 is 0 Å². The molecular weight excluding hydrogens is 302 g/mol. The van der Waals surface area contributed by atoms with Crippen LogP contribution in [0.15, 0.2) is 36.1 Å². The van der Waals surface area contributed by atoms with Crippen molar-refractivity contribution in [3.63, 3.8) is 0 Å². The van der Waals surface area contributed by atoms with E-state index in [-0.39, 0.29) is 11.9 Å². The molecule has 1 aliphatic rings. The van der Waals surface area contributed by atoms with Crippen LogP contribution in [0.3, 0.4) is 0 Å². The second-order valence-electron chi connectivity index (χ2n) is 5.09. The Hall–Kier alpha value is -2.55. The summed E-state index contributed by atoms with van der Waals surface area (Å²) in [4.78, 5) is 16.3. The first-order valence-electron chi connectivity index (χ1n) is 6.87. The van der Waals surface area contributed by atoms with E-state index in [4.69, 9.17) is 0 Å². The molecule has 0 aromatic carbocycles. The highest BCUT2D eigenvalue weighted by atomic mass is 32.1. The second-order valence-corrected chi connectivity index (χ2v) is 6.04. The molecule has 3 aromatic heterocycles. The lowest BCUT2D eigenvalue weighted by molar-refractivity contribution is 0.0503. The summed E-state index contributed by atoms with van der Waals surface area (Å²) >= 11 is 1.47. The highest BCUT2D eigenvalue weighted by Crippen LogP contribution is 2.24. The smallest absolute Gasteiger partial charge is 0.264 e. The standard InChI is InChI=1S/C13H13N7OS/c21-13(12-2-1-5-22-12)18-8-11(9-18)19-6-10(16-17-19)7-20-14-3-4-15-20/h1-6,11H,7-9H2. The topological polar surface area (TPSA) is 81.7 Å². The predicted molar refractivity (Wildman–Crippen MR) is 78.4 cm³/mol. The lowest BCUT2D eigenvalue weighted by Gasteiger charge is -2.38. The summed E-state index contributed by atoms with van der Waals surface area (Å²) in [5, 5.41) is 18.3. The molecule has 4 heterocycles. The van der Waals surface area contributed by atoms with Crippen LogP contribution < -0.4 is 0 Å². The SMILES string of the molecule is O=C(c1cccs1)N1CC(n2cc(Cn3nccn3)nn2)C1. The molecule has 3 aromatic rings. The minimum atomic E-state index is 0.0901. The maximum absolute atomic E-state index is 12.2. The molecule has 0 atom stereocenters. The van der Waals surface area contributed by atoms with Gasteiger partial charge in [0.1, 0.15) is 12.2 Å². The Morgan fingerprint density at radius 3 is 2.86 bits per heavy atom. The Balaban J connectivity index is 1.37. The van der Waals surface area contributed by atoms with Gasteiger partial charge in [-0.1, -0.05) is 11.3 Å². The van der Waals surface area contributed by atoms with Gasteiger partial charge in [-0.3, -0.25) is 4.79 Å². The van der Waals surface area contributed by atoms with E-state index in [1.807, 2.05) is 33.3 Å². The fraction of sp³-hybridized carbons (Fsp3) is 0.308. The van der Waals surface area contributed by atoms with Crippen LogP contribution in [0.1, 0.15) is 21.4 Å². The van der Waals surface area contributed by atoms with Crippen molar-refractivity contribution in [1.82, 2.24) is 34.9 Å². The molecule has 22 heavy (non-hydrogen) atoms. The minimum absolute atomic E-state index is 0.0901. The van der Waals surface area contributed by atoms with Crippen LogP contribution in [0.4, 0.5) is 0 Å². The predicted octanol–water partition coefficient (Wildman–Crippen LogP) is 0.676. The number of hydrogen-bond acceptors (Lipinski definition) is 6. The zero-order valence-corrected chi connectivity index (χ0v) is 12.4. The first kappa shape index (κ1) is 13.1. The number of rotatable bonds is 4. The molecule has 112 valence electrons. The Kier molecular flexibility index (Phi) is 3.19. The molecular formula is C13H13N7OS. The van der Waals surface area contributed by atoms with Crippen LogP contribution in [-0.2, 0) is 6.54 Å².